The summed E-state index contributed by atoms with van der Waals surface area (Å²) in [6.45, 7) is 1.84. The van der Waals surface area contributed by atoms with Crippen LogP contribution in [-0.4, -0.2) is 55.9 Å². The Morgan fingerprint density at radius 3 is 2.83 bits per heavy atom. The minimum Gasteiger partial charge on any atom is -0.383 e. The maximum atomic E-state index is 9.87. The molecule has 2 rings (SSSR count). The number of hydrazine groups is 1. The Morgan fingerprint density at radius 1 is 1.28 bits per heavy atom. The topological polar surface area (TPSA) is 54.0 Å². The van der Waals surface area contributed by atoms with Crippen LogP contribution < -0.4 is 5.43 Å². The SMILES string of the molecule is COC[C@@H]1CCCN1N[C@H]1CCC[C@@H]1C(O)OC. The van der Waals surface area contributed by atoms with E-state index in [2.05, 4.69) is 10.4 Å². The van der Waals surface area contributed by atoms with Crippen molar-refractivity contribution in [1.82, 2.24) is 10.4 Å². The quantitative estimate of drug-likeness (QED) is 0.688. The van der Waals surface area contributed by atoms with Crippen LogP contribution in [0.4, 0.5) is 0 Å². The van der Waals surface area contributed by atoms with Crippen LogP contribution in [0.15, 0.2) is 0 Å². The van der Waals surface area contributed by atoms with Gasteiger partial charge >= 0.3 is 0 Å². The average molecular weight is 258 g/mol. The van der Waals surface area contributed by atoms with Crippen LogP contribution in [0.3, 0.4) is 0 Å². The summed E-state index contributed by atoms with van der Waals surface area (Å²) in [5.74, 6) is 0.207. The number of nitrogens with zero attached hydrogens (tertiary/aromatic N) is 1. The van der Waals surface area contributed by atoms with Crippen molar-refractivity contribution in [3.63, 3.8) is 0 Å². The summed E-state index contributed by atoms with van der Waals surface area (Å²) < 4.78 is 10.3. The van der Waals surface area contributed by atoms with Gasteiger partial charge in [-0.25, -0.2) is 5.01 Å². The van der Waals surface area contributed by atoms with Crippen molar-refractivity contribution >= 4 is 0 Å². The highest BCUT2D eigenvalue weighted by molar-refractivity contribution is 4.86. The van der Waals surface area contributed by atoms with Crippen LogP contribution in [-0.2, 0) is 9.47 Å². The molecule has 0 spiro atoms. The predicted molar refractivity (Wildman–Crippen MR) is 68.9 cm³/mol. The lowest BCUT2D eigenvalue weighted by Gasteiger charge is -2.32. The summed E-state index contributed by atoms with van der Waals surface area (Å²) in [4.78, 5) is 0. The fourth-order valence-electron chi connectivity index (χ4n) is 3.25. The molecule has 5 heteroatoms. The van der Waals surface area contributed by atoms with E-state index in [-0.39, 0.29) is 5.92 Å². The standard InChI is InChI=1S/C13H26N2O3/c1-17-9-10-5-4-8-15(10)14-12-7-3-6-11(12)13(16)18-2/h10-14,16H,3-9H2,1-2H3/t10-,11-,12-,13?/m0/s1. The number of hydrogen-bond acceptors (Lipinski definition) is 5. The van der Waals surface area contributed by atoms with Gasteiger partial charge in [-0.05, 0) is 25.7 Å². The van der Waals surface area contributed by atoms with Gasteiger partial charge in [-0.15, -0.1) is 0 Å². The van der Waals surface area contributed by atoms with Crippen LogP contribution in [0.2, 0.25) is 0 Å². The molecule has 1 heterocycles. The second kappa shape index (κ2) is 6.82. The molecule has 2 fully saturated rings. The van der Waals surface area contributed by atoms with E-state index in [1.54, 1.807) is 14.2 Å². The first kappa shape index (κ1) is 14.2. The van der Waals surface area contributed by atoms with Gasteiger partial charge in [-0.2, -0.15) is 0 Å². The van der Waals surface area contributed by atoms with Gasteiger partial charge in [0.25, 0.3) is 0 Å². The number of ether oxygens (including phenoxy) is 2. The summed E-state index contributed by atoms with van der Waals surface area (Å²) in [7, 11) is 3.33. The summed E-state index contributed by atoms with van der Waals surface area (Å²) in [6, 6.07) is 0.799. The van der Waals surface area contributed by atoms with E-state index in [9.17, 15) is 5.11 Å². The number of aliphatic hydroxyl groups excluding tert-OH is 1. The molecule has 106 valence electrons. The zero-order valence-corrected chi connectivity index (χ0v) is 11.5. The molecule has 1 aliphatic carbocycles. The first-order valence-corrected chi connectivity index (χ1v) is 6.99. The third kappa shape index (κ3) is 3.22. The fraction of sp³-hybridized carbons (Fsp3) is 1.00. The van der Waals surface area contributed by atoms with Crippen LogP contribution in [0, 0.1) is 5.92 Å². The zero-order chi connectivity index (χ0) is 13.0. The molecule has 1 saturated carbocycles. The van der Waals surface area contributed by atoms with Gasteiger partial charge in [0.15, 0.2) is 6.29 Å². The molecular formula is C13H26N2O3. The maximum Gasteiger partial charge on any atom is 0.158 e. The second-order valence-corrected chi connectivity index (χ2v) is 5.40. The van der Waals surface area contributed by atoms with Crippen molar-refractivity contribution in [3.8, 4) is 0 Å². The highest BCUT2D eigenvalue weighted by Crippen LogP contribution is 2.30. The third-order valence-corrected chi connectivity index (χ3v) is 4.25. The Kier molecular flexibility index (Phi) is 5.38. The Balaban J connectivity index is 1.87. The van der Waals surface area contributed by atoms with Gasteiger partial charge < -0.3 is 14.6 Å². The number of methoxy groups -OCH3 is 2. The molecule has 0 aromatic heterocycles. The lowest BCUT2D eigenvalue weighted by atomic mass is 10.0. The summed E-state index contributed by atoms with van der Waals surface area (Å²) in [6.07, 6.45) is 5.06. The highest BCUT2D eigenvalue weighted by atomic mass is 16.6. The second-order valence-electron chi connectivity index (χ2n) is 5.40. The van der Waals surface area contributed by atoms with E-state index in [0.717, 1.165) is 32.4 Å². The van der Waals surface area contributed by atoms with E-state index in [4.69, 9.17) is 9.47 Å². The van der Waals surface area contributed by atoms with E-state index < -0.39 is 6.29 Å². The Bertz CT molecular complexity index is 252. The molecule has 1 saturated heterocycles. The summed E-state index contributed by atoms with van der Waals surface area (Å²) in [5.41, 5.74) is 3.59. The molecule has 0 amide bonds. The van der Waals surface area contributed by atoms with Crippen molar-refractivity contribution in [1.29, 1.82) is 0 Å². The van der Waals surface area contributed by atoms with E-state index in [1.807, 2.05) is 0 Å². The van der Waals surface area contributed by atoms with E-state index in [0.29, 0.717) is 12.1 Å². The fourth-order valence-corrected chi connectivity index (χ4v) is 3.25. The first-order chi connectivity index (χ1) is 8.76. The Hall–Kier alpha value is -0.200. The molecule has 2 N–H and O–H groups in total. The van der Waals surface area contributed by atoms with Gasteiger partial charge in [-0.1, -0.05) is 6.42 Å². The smallest absolute Gasteiger partial charge is 0.158 e. The van der Waals surface area contributed by atoms with Crippen molar-refractivity contribution in [2.75, 3.05) is 27.4 Å². The molecule has 1 aliphatic heterocycles. The molecule has 0 aromatic carbocycles. The largest absolute Gasteiger partial charge is 0.383 e. The van der Waals surface area contributed by atoms with Crippen LogP contribution in [0.25, 0.3) is 0 Å². The molecule has 1 unspecified atom stereocenters. The minimum absolute atomic E-state index is 0.207. The summed E-state index contributed by atoms with van der Waals surface area (Å²) >= 11 is 0. The third-order valence-electron chi connectivity index (χ3n) is 4.25. The van der Waals surface area contributed by atoms with Gasteiger partial charge in [0.05, 0.1) is 6.61 Å². The van der Waals surface area contributed by atoms with Crippen molar-refractivity contribution in [2.45, 2.75) is 50.5 Å². The maximum absolute atomic E-state index is 9.87. The normalized spacial score (nSPS) is 35.2. The summed E-state index contributed by atoms with van der Waals surface area (Å²) in [5, 5.41) is 12.2. The Morgan fingerprint density at radius 2 is 2.11 bits per heavy atom. The molecule has 5 nitrogen and oxygen atoms in total. The number of hydrogen-bond donors (Lipinski definition) is 2. The number of rotatable bonds is 6. The predicted octanol–water partition coefficient (Wildman–Crippen LogP) is 0.735. The van der Waals surface area contributed by atoms with E-state index >= 15 is 0 Å². The number of nitrogens with one attached hydrogen (secondary N) is 1. The molecule has 2 aliphatic rings. The molecule has 4 atom stereocenters. The zero-order valence-electron chi connectivity index (χ0n) is 11.5. The van der Waals surface area contributed by atoms with Crippen molar-refractivity contribution in [2.24, 2.45) is 5.92 Å². The molecule has 18 heavy (non-hydrogen) atoms. The molecule has 0 radical (unpaired) electrons. The molecule has 0 aromatic rings. The monoisotopic (exact) mass is 258 g/mol. The number of aliphatic hydroxyl groups is 1. The highest BCUT2D eigenvalue weighted by Gasteiger charge is 2.36. The van der Waals surface area contributed by atoms with Gasteiger partial charge in [0.1, 0.15) is 0 Å². The molecule has 0 bridgehead atoms. The molecular weight excluding hydrogens is 232 g/mol. The van der Waals surface area contributed by atoms with E-state index in [1.165, 1.54) is 12.8 Å². The minimum atomic E-state index is -0.645. The lowest BCUT2D eigenvalue weighted by Crippen LogP contribution is -2.51. The van der Waals surface area contributed by atoms with Crippen LogP contribution in [0.1, 0.15) is 32.1 Å². The van der Waals surface area contributed by atoms with Gasteiger partial charge in [-0.3, -0.25) is 5.43 Å². The van der Waals surface area contributed by atoms with Gasteiger partial charge in [0.2, 0.25) is 0 Å². The van der Waals surface area contributed by atoms with Crippen LogP contribution in [0.5, 0.6) is 0 Å². The average Bonchev–Trinajstić information content (AvgIpc) is 3.00. The first-order valence-electron chi connectivity index (χ1n) is 6.99. The van der Waals surface area contributed by atoms with Crippen molar-refractivity contribution in [3.05, 3.63) is 0 Å². The van der Waals surface area contributed by atoms with Crippen LogP contribution >= 0.6 is 0 Å². The van der Waals surface area contributed by atoms with Gasteiger partial charge in [0, 0.05) is 38.8 Å². The van der Waals surface area contributed by atoms with Crippen molar-refractivity contribution < 1.29 is 14.6 Å². The lowest BCUT2D eigenvalue weighted by molar-refractivity contribution is -0.121. The Labute approximate surface area is 109 Å².